The Bertz CT molecular complexity index is 814. The minimum Gasteiger partial charge on any atom is -0.493 e. The lowest BCUT2D eigenvalue weighted by Gasteiger charge is -2.08. The molecule has 0 unspecified atom stereocenters. The molecule has 0 aliphatic heterocycles. The topological polar surface area (TPSA) is 49.2 Å². The molecule has 5 nitrogen and oxygen atoms in total. The first-order valence-corrected chi connectivity index (χ1v) is 9.42. The van der Waals surface area contributed by atoms with Crippen LogP contribution in [0.4, 0.5) is 0 Å². The quantitative estimate of drug-likeness (QED) is 0.586. The second kappa shape index (κ2) is 7.72. The molecule has 3 rings (SSSR count). The number of nitrogens with zero attached hydrogens (tertiary/aromatic N) is 3. The molecule has 0 aliphatic carbocycles. The smallest absolute Gasteiger partial charge is 0.168 e. The molecule has 0 bridgehead atoms. The number of methoxy groups -OCH3 is 2. The number of aryl methyl sites for hydroxylation is 1. The molecule has 0 spiro atoms. The molecule has 7 heteroatoms. The lowest BCUT2D eigenvalue weighted by Crippen LogP contribution is -1.95. The van der Waals surface area contributed by atoms with Gasteiger partial charge in [0.1, 0.15) is 5.01 Å². The van der Waals surface area contributed by atoms with Crippen LogP contribution in [0.25, 0.3) is 10.6 Å². The Balaban J connectivity index is 1.73. The number of rotatable bonds is 7. The van der Waals surface area contributed by atoms with Gasteiger partial charge in [-0.05, 0) is 25.1 Å². The molecular weight excluding hydrogens is 342 g/mol. The molecular formula is C17H19N3O2S2. The Morgan fingerprint density at radius 1 is 1.21 bits per heavy atom. The Hall–Kier alpha value is -1.99. The summed E-state index contributed by atoms with van der Waals surface area (Å²) in [6.07, 6.45) is 3.83. The van der Waals surface area contributed by atoms with Crippen molar-refractivity contribution in [2.45, 2.75) is 24.4 Å². The fourth-order valence-corrected chi connectivity index (χ4v) is 4.13. The highest BCUT2D eigenvalue weighted by molar-refractivity contribution is 7.98. The molecule has 0 radical (unpaired) electrons. The van der Waals surface area contributed by atoms with Gasteiger partial charge in [0.2, 0.25) is 0 Å². The first-order chi connectivity index (χ1) is 11.7. The molecule has 0 aliphatic rings. The molecule has 0 saturated carbocycles. The Morgan fingerprint density at radius 2 is 2.04 bits per heavy atom. The molecule has 0 fully saturated rings. The summed E-state index contributed by atoms with van der Waals surface area (Å²) in [7, 11) is 3.28. The van der Waals surface area contributed by atoms with E-state index in [0.717, 1.165) is 39.5 Å². The monoisotopic (exact) mass is 361 g/mol. The van der Waals surface area contributed by atoms with E-state index < -0.39 is 0 Å². The van der Waals surface area contributed by atoms with Crippen LogP contribution < -0.4 is 9.47 Å². The van der Waals surface area contributed by atoms with E-state index in [1.807, 2.05) is 30.6 Å². The molecule has 1 aromatic carbocycles. The van der Waals surface area contributed by atoms with Crippen LogP contribution in [0.15, 0.2) is 41.1 Å². The summed E-state index contributed by atoms with van der Waals surface area (Å²) < 4.78 is 12.8. The summed E-state index contributed by atoms with van der Waals surface area (Å²) in [6, 6.07) is 5.86. The summed E-state index contributed by atoms with van der Waals surface area (Å²) in [6.45, 7) is 3.04. The largest absolute Gasteiger partial charge is 0.493 e. The molecule has 0 N–H and O–H groups in total. The zero-order valence-corrected chi connectivity index (χ0v) is 15.5. The van der Waals surface area contributed by atoms with E-state index in [2.05, 4.69) is 21.9 Å². The van der Waals surface area contributed by atoms with Crippen molar-refractivity contribution in [2.75, 3.05) is 14.2 Å². The summed E-state index contributed by atoms with van der Waals surface area (Å²) in [4.78, 5) is 9.11. The maximum Gasteiger partial charge on any atom is 0.168 e. The van der Waals surface area contributed by atoms with Gasteiger partial charge in [-0.3, -0.25) is 0 Å². The van der Waals surface area contributed by atoms with Crippen molar-refractivity contribution in [2.24, 2.45) is 0 Å². The second-order valence-corrected chi connectivity index (χ2v) is 6.80. The highest BCUT2D eigenvalue weighted by Crippen LogP contribution is 2.34. The molecule has 0 saturated heterocycles. The molecule has 0 amide bonds. The van der Waals surface area contributed by atoms with Gasteiger partial charge in [0.05, 0.1) is 19.9 Å². The maximum atomic E-state index is 5.36. The minimum atomic E-state index is 0.714. The highest BCUT2D eigenvalue weighted by atomic mass is 32.2. The third kappa shape index (κ3) is 3.57. The van der Waals surface area contributed by atoms with Crippen LogP contribution in [-0.4, -0.2) is 28.8 Å². The van der Waals surface area contributed by atoms with Crippen LogP contribution in [0, 0.1) is 0 Å². The number of aromatic nitrogens is 3. The van der Waals surface area contributed by atoms with E-state index in [9.17, 15) is 0 Å². The first-order valence-electron chi connectivity index (χ1n) is 7.56. The zero-order valence-electron chi connectivity index (χ0n) is 13.9. The van der Waals surface area contributed by atoms with Crippen molar-refractivity contribution in [3.05, 3.63) is 41.7 Å². The molecule has 2 heterocycles. The number of benzene rings is 1. The predicted octanol–water partition coefficient (Wildman–Crippen LogP) is 4.34. The lowest BCUT2D eigenvalue weighted by molar-refractivity contribution is 0.355. The van der Waals surface area contributed by atoms with Crippen molar-refractivity contribution < 1.29 is 9.47 Å². The van der Waals surface area contributed by atoms with Crippen LogP contribution in [0.2, 0.25) is 0 Å². The van der Waals surface area contributed by atoms with E-state index in [1.54, 1.807) is 37.3 Å². The van der Waals surface area contributed by atoms with E-state index in [4.69, 9.17) is 14.5 Å². The van der Waals surface area contributed by atoms with E-state index >= 15 is 0 Å². The number of thiazole rings is 1. The van der Waals surface area contributed by atoms with Crippen LogP contribution in [-0.2, 0) is 12.3 Å². The molecule has 24 heavy (non-hydrogen) atoms. The molecule has 3 aromatic rings. The zero-order chi connectivity index (χ0) is 16.9. The number of hydrogen-bond acceptors (Lipinski definition) is 6. The van der Waals surface area contributed by atoms with Crippen molar-refractivity contribution >= 4 is 23.1 Å². The maximum absolute atomic E-state index is 5.36. The molecule has 0 atom stereocenters. The summed E-state index contributed by atoms with van der Waals surface area (Å²) in [5, 5.41) is 4.10. The van der Waals surface area contributed by atoms with Gasteiger partial charge >= 0.3 is 0 Å². The average molecular weight is 361 g/mol. The Morgan fingerprint density at radius 3 is 2.79 bits per heavy atom. The third-order valence-electron chi connectivity index (χ3n) is 3.55. The van der Waals surface area contributed by atoms with Crippen molar-refractivity contribution in [1.29, 1.82) is 0 Å². The van der Waals surface area contributed by atoms with Gasteiger partial charge in [0.15, 0.2) is 16.7 Å². The second-order valence-electron chi connectivity index (χ2n) is 5.00. The number of ether oxygens (including phenoxy) is 2. The molecule has 126 valence electrons. The standard InChI is InChI=1S/C17H19N3O2S2/c1-4-20-8-7-18-17(20)24-11-13-10-23-16(19-13)12-5-6-14(21-2)15(9-12)22-3/h5-10H,4,11H2,1-3H3. The van der Waals surface area contributed by atoms with Gasteiger partial charge < -0.3 is 14.0 Å². The summed E-state index contributed by atoms with van der Waals surface area (Å²) in [5.74, 6) is 2.24. The van der Waals surface area contributed by atoms with Crippen LogP contribution in [0.1, 0.15) is 12.6 Å². The number of imidazole rings is 1. The fourth-order valence-electron chi connectivity index (χ4n) is 2.29. The number of thioether (sulfide) groups is 1. The first kappa shape index (κ1) is 16.9. The average Bonchev–Trinajstić information content (AvgIpc) is 3.28. The van der Waals surface area contributed by atoms with Gasteiger partial charge in [-0.25, -0.2) is 9.97 Å². The normalized spacial score (nSPS) is 10.8. The SMILES string of the molecule is CCn1ccnc1SCc1csc(-c2ccc(OC)c(OC)c2)n1. The van der Waals surface area contributed by atoms with E-state index in [0.29, 0.717) is 5.75 Å². The number of hydrogen-bond donors (Lipinski definition) is 0. The molecule has 2 aromatic heterocycles. The Kier molecular flexibility index (Phi) is 5.42. The van der Waals surface area contributed by atoms with E-state index in [-0.39, 0.29) is 0 Å². The predicted molar refractivity (Wildman–Crippen MR) is 98.1 cm³/mol. The van der Waals surface area contributed by atoms with E-state index in [1.165, 1.54) is 0 Å². The van der Waals surface area contributed by atoms with Crippen molar-refractivity contribution in [3.8, 4) is 22.1 Å². The fraction of sp³-hybridized carbons (Fsp3) is 0.294. The summed E-state index contributed by atoms with van der Waals surface area (Å²) in [5.41, 5.74) is 2.09. The van der Waals surface area contributed by atoms with Crippen molar-refractivity contribution in [3.63, 3.8) is 0 Å². The highest BCUT2D eigenvalue weighted by Gasteiger charge is 2.10. The van der Waals surface area contributed by atoms with Crippen LogP contribution >= 0.6 is 23.1 Å². The third-order valence-corrected chi connectivity index (χ3v) is 5.53. The lowest BCUT2D eigenvalue weighted by atomic mass is 10.2. The van der Waals surface area contributed by atoms with Gasteiger partial charge in [0.25, 0.3) is 0 Å². The van der Waals surface area contributed by atoms with Gasteiger partial charge in [-0.15, -0.1) is 11.3 Å². The van der Waals surface area contributed by atoms with Gasteiger partial charge in [0, 0.05) is 35.6 Å². The summed E-state index contributed by atoms with van der Waals surface area (Å²) >= 11 is 3.34. The Labute approximate surface area is 149 Å². The van der Waals surface area contributed by atoms with Gasteiger partial charge in [-0.1, -0.05) is 11.8 Å². The van der Waals surface area contributed by atoms with Crippen molar-refractivity contribution in [1.82, 2.24) is 14.5 Å². The van der Waals surface area contributed by atoms with Crippen LogP contribution in [0.5, 0.6) is 11.5 Å². The van der Waals surface area contributed by atoms with Crippen LogP contribution in [0.3, 0.4) is 0 Å². The minimum absolute atomic E-state index is 0.714. The van der Waals surface area contributed by atoms with Gasteiger partial charge in [-0.2, -0.15) is 0 Å².